The van der Waals surface area contributed by atoms with Gasteiger partial charge >= 0.3 is 0 Å². The van der Waals surface area contributed by atoms with Gasteiger partial charge in [-0.3, -0.25) is 0 Å². The summed E-state index contributed by atoms with van der Waals surface area (Å²) < 4.78 is 32.1. The van der Waals surface area contributed by atoms with Crippen LogP contribution in [0.2, 0.25) is 0 Å². The summed E-state index contributed by atoms with van der Waals surface area (Å²) in [5.74, 6) is -2.40. The summed E-state index contributed by atoms with van der Waals surface area (Å²) in [5.41, 5.74) is 0.804. The van der Waals surface area contributed by atoms with Crippen molar-refractivity contribution in [2.45, 2.75) is 6.10 Å². The molecule has 1 N–H and O–H groups in total. The second-order valence-corrected chi connectivity index (χ2v) is 4.62. The Morgan fingerprint density at radius 3 is 2.79 bits per heavy atom. The maximum Gasteiger partial charge on any atom is 0.201 e. The molecule has 1 unspecified atom stereocenters. The lowest BCUT2D eigenvalue weighted by atomic mass is 10.0. The number of rotatable bonds is 5. The van der Waals surface area contributed by atoms with Crippen LogP contribution in [-0.4, -0.2) is 11.7 Å². The lowest BCUT2D eigenvalue weighted by Gasteiger charge is -2.16. The molecular formula is C14H12F2O2S. The van der Waals surface area contributed by atoms with Crippen molar-refractivity contribution in [3.8, 4) is 5.75 Å². The summed E-state index contributed by atoms with van der Waals surface area (Å²) >= 11 is 1.41. The third kappa shape index (κ3) is 2.83. The molecule has 5 heteroatoms. The van der Waals surface area contributed by atoms with Crippen molar-refractivity contribution in [2.24, 2.45) is 0 Å². The van der Waals surface area contributed by atoms with E-state index in [1.807, 2.05) is 0 Å². The van der Waals surface area contributed by atoms with Crippen LogP contribution in [0.25, 0.3) is 0 Å². The molecule has 1 heterocycles. The smallest absolute Gasteiger partial charge is 0.201 e. The third-order valence-corrected chi connectivity index (χ3v) is 3.28. The second kappa shape index (κ2) is 5.95. The number of aliphatic hydroxyl groups excluding tert-OH is 1. The molecule has 0 radical (unpaired) electrons. The summed E-state index contributed by atoms with van der Waals surface area (Å²) in [6.07, 6.45) is 0.367. The average molecular weight is 282 g/mol. The minimum absolute atomic E-state index is 0.0315. The fourth-order valence-electron chi connectivity index (χ4n) is 1.66. The van der Waals surface area contributed by atoms with E-state index in [2.05, 4.69) is 6.58 Å². The van der Waals surface area contributed by atoms with E-state index in [1.54, 1.807) is 16.8 Å². The van der Waals surface area contributed by atoms with Crippen LogP contribution in [0.3, 0.4) is 0 Å². The van der Waals surface area contributed by atoms with Crippen LogP contribution in [0.15, 0.2) is 41.6 Å². The van der Waals surface area contributed by atoms with Crippen molar-refractivity contribution in [1.29, 1.82) is 0 Å². The molecular weight excluding hydrogens is 270 g/mol. The lowest BCUT2D eigenvalue weighted by Crippen LogP contribution is -2.06. The Morgan fingerprint density at radius 2 is 2.16 bits per heavy atom. The molecule has 2 nitrogen and oxygen atoms in total. The van der Waals surface area contributed by atoms with Crippen molar-refractivity contribution in [2.75, 3.05) is 6.61 Å². The molecule has 0 aliphatic heterocycles. The van der Waals surface area contributed by atoms with Crippen molar-refractivity contribution in [3.05, 3.63) is 64.4 Å². The summed E-state index contributed by atoms with van der Waals surface area (Å²) in [5, 5.41) is 13.7. The number of ether oxygens (including phenoxy) is 1. The summed E-state index contributed by atoms with van der Waals surface area (Å²) in [6.45, 7) is 3.48. The quantitative estimate of drug-likeness (QED) is 0.848. The average Bonchev–Trinajstić information content (AvgIpc) is 2.93. The monoisotopic (exact) mass is 282 g/mol. The topological polar surface area (TPSA) is 29.5 Å². The van der Waals surface area contributed by atoms with Crippen LogP contribution >= 0.6 is 11.3 Å². The molecule has 1 aromatic carbocycles. The zero-order valence-electron chi connectivity index (χ0n) is 9.98. The van der Waals surface area contributed by atoms with Crippen molar-refractivity contribution in [3.63, 3.8) is 0 Å². The van der Waals surface area contributed by atoms with E-state index in [0.717, 1.165) is 6.07 Å². The first-order valence-electron chi connectivity index (χ1n) is 5.57. The van der Waals surface area contributed by atoms with Crippen molar-refractivity contribution >= 4 is 11.3 Å². The van der Waals surface area contributed by atoms with Gasteiger partial charge < -0.3 is 9.84 Å². The van der Waals surface area contributed by atoms with E-state index in [-0.39, 0.29) is 17.9 Å². The molecule has 1 atom stereocenters. The molecule has 19 heavy (non-hydrogen) atoms. The molecule has 0 amide bonds. The van der Waals surface area contributed by atoms with Crippen LogP contribution in [0.1, 0.15) is 17.2 Å². The number of thiophene rings is 1. The number of hydrogen-bond acceptors (Lipinski definition) is 3. The molecule has 0 bridgehead atoms. The molecule has 0 aliphatic carbocycles. The van der Waals surface area contributed by atoms with Gasteiger partial charge in [0.1, 0.15) is 12.7 Å². The van der Waals surface area contributed by atoms with Gasteiger partial charge in [-0.2, -0.15) is 15.7 Å². The highest BCUT2D eigenvalue weighted by Crippen LogP contribution is 2.34. The Morgan fingerprint density at radius 1 is 1.37 bits per heavy atom. The maximum atomic E-state index is 13.7. The SMILES string of the molecule is C=CCOc1c(C(O)c2ccsc2)ccc(F)c1F. The molecule has 0 saturated carbocycles. The van der Waals surface area contributed by atoms with Crippen LogP contribution < -0.4 is 4.74 Å². The molecule has 0 spiro atoms. The minimum Gasteiger partial charge on any atom is -0.486 e. The highest BCUT2D eigenvalue weighted by atomic mass is 32.1. The fourth-order valence-corrected chi connectivity index (χ4v) is 2.34. The predicted molar refractivity (Wildman–Crippen MR) is 70.4 cm³/mol. The van der Waals surface area contributed by atoms with Gasteiger partial charge in [-0.05, 0) is 34.5 Å². The zero-order chi connectivity index (χ0) is 13.8. The Balaban J connectivity index is 2.44. The number of halogens is 2. The first-order valence-corrected chi connectivity index (χ1v) is 6.51. The molecule has 1 aromatic heterocycles. The van der Waals surface area contributed by atoms with Crippen molar-refractivity contribution < 1.29 is 18.6 Å². The summed E-state index contributed by atoms with van der Waals surface area (Å²) in [4.78, 5) is 0. The second-order valence-electron chi connectivity index (χ2n) is 3.84. The van der Waals surface area contributed by atoms with E-state index in [1.165, 1.54) is 23.5 Å². The van der Waals surface area contributed by atoms with E-state index in [4.69, 9.17) is 4.74 Å². The summed E-state index contributed by atoms with van der Waals surface area (Å²) in [6, 6.07) is 4.01. The maximum absolute atomic E-state index is 13.7. The Bertz CT molecular complexity index is 567. The van der Waals surface area contributed by atoms with Crippen LogP contribution in [-0.2, 0) is 0 Å². The minimum atomic E-state index is -1.10. The van der Waals surface area contributed by atoms with Crippen LogP contribution in [0.4, 0.5) is 8.78 Å². The molecule has 0 aliphatic rings. The van der Waals surface area contributed by atoms with E-state index < -0.39 is 17.7 Å². The first kappa shape index (κ1) is 13.7. The number of aliphatic hydroxyl groups is 1. The fraction of sp³-hybridized carbons (Fsp3) is 0.143. The lowest BCUT2D eigenvalue weighted by molar-refractivity contribution is 0.210. The Hall–Kier alpha value is -1.72. The van der Waals surface area contributed by atoms with E-state index in [9.17, 15) is 13.9 Å². The standard InChI is InChI=1S/C14H12F2O2S/c1-2-6-18-14-10(3-4-11(15)12(14)16)13(17)9-5-7-19-8-9/h2-5,7-8,13,17H,1,6H2. The van der Waals surface area contributed by atoms with Gasteiger partial charge in [0.2, 0.25) is 5.82 Å². The molecule has 0 fully saturated rings. The third-order valence-electron chi connectivity index (χ3n) is 2.58. The molecule has 100 valence electrons. The Kier molecular flexibility index (Phi) is 4.29. The van der Waals surface area contributed by atoms with Gasteiger partial charge in [-0.25, -0.2) is 4.39 Å². The van der Waals surface area contributed by atoms with E-state index >= 15 is 0 Å². The normalized spacial score (nSPS) is 12.2. The van der Waals surface area contributed by atoms with Gasteiger partial charge in [0.05, 0.1) is 0 Å². The van der Waals surface area contributed by atoms with Crippen molar-refractivity contribution in [1.82, 2.24) is 0 Å². The van der Waals surface area contributed by atoms with Gasteiger partial charge in [0.25, 0.3) is 0 Å². The number of hydrogen-bond donors (Lipinski definition) is 1. The molecule has 0 saturated heterocycles. The predicted octanol–water partition coefficient (Wildman–Crippen LogP) is 3.67. The largest absolute Gasteiger partial charge is 0.486 e. The van der Waals surface area contributed by atoms with Gasteiger partial charge in [0, 0.05) is 5.56 Å². The zero-order valence-corrected chi connectivity index (χ0v) is 10.8. The summed E-state index contributed by atoms with van der Waals surface area (Å²) in [7, 11) is 0. The Labute approximate surface area is 113 Å². The van der Waals surface area contributed by atoms with Crippen LogP contribution in [0.5, 0.6) is 5.75 Å². The van der Waals surface area contributed by atoms with Gasteiger partial charge in [0.15, 0.2) is 11.6 Å². The van der Waals surface area contributed by atoms with Gasteiger partial charge in [-0.1, -0.05) is 12.7 Å². The highest BCUT2D eigenvalue weighted by molar-refractivity contribution is 7.07. The number of benzene rings is 1. The molecule has 2 aromatic rings. The molecule has 2 rings (SSSR count). The van der Waals surface area contributed by atoms with Gasteiger partial charge in [-0.15, -0.1) is 0 Å². The first-order chi connectivity index (χ1) is 9.15. The van der Waals surface area contributed by atoms with E-state index in [0.29, 0.717) is 5.56 Å². The van der Waals surface area contributed by atoms with Crippen LogP contribution in [0, 0.1) is 11.6 Å². The highest BCUT2D eigenvalue weighted by Gasteiger charge is 2.21.